The fraction of sp³-hybridized carbons (Fsp3) is 0.292. The molecule has 1 saturated carbocycles. The molecule has 9 heteroatoms. The Labute approximate surface area is 190 Å². The van der Waals surface area contributed by atoms with Gasteiger partial charge in [0.1, 0.15) is 5.54 Å². The lowest BCUT2D eigenvalue weighted by Crippen LogP contribution is -2.50. The maximum atomic E-state index is 12.8. The molecule has 168 valence electrons. The summed E-state index contributed by atoms with van der Waals surface area (Å²) in [6, 6.07) is 13.6. The second-order valence-corrected chi connectivity index (χ2v) is 8.46. The van der Waals surface area contributed by atoms with Gasteiger partial charge in [-0.3, -0.25) is 15.0 Å². The monoisotopic (exact) mass is 445 g/mol. The summed E-state index contributed by atoms with van der Waals surface area (Å²) < 4.78 is 5.81. The predicted octanol–water partition coefficient (Wildman–Crippen LogP) is 3.61. The number of amides is 4. The number of carbonyl (C=O) groups is 3. The van der Waals surface area contributed by atoms with E-state index in [4.69, 9.17) is 4.42 Å². The second-order valence-electron chi connectivity index (χ2n) is 8.46. The standard InChI is InChI=1S/C24H23N5O4/c1-15-7-3-4-8-18(15)21-27-26-20(33-21)17-11-9-16(10-12-17)19(30)28-29-22(31)24(25-23(29)32)13-5-2-6-14-24/h3-4,7-12H,2,5-6,13-14H2,1H3,(H,25,32)(H,28,30). The van der Waals surface area contributed by atoms with Gasteiger partial charge in [-0.15, -0.1) is 10.2 Å². The number of aryl methyl sites for hydroxylation is 1. The van der Waals surface area contributed by atoms with Crippen LogP contribution in [0.4, 0.5) is 4.79 Å². The number of imide groups is 1. The van der Waals surface area contributed by atoms with E-state index in [-0.39, 0.29) is 0 Å². The lowest BCUT2D eigenvalue weighted by molar-refractivity contribution is -0.134. The Morgan fingerprint density at radius 3 is 2.42 bits per heavy atom. The minimum atomic E-state index is -0.890. The number of aromatic nitrogens is 2. The Morgan fingerprint density at radius 2 is 1.70 bits per heavy atom. The molecule has 2 aliphatic rings. The highest BCUT2D eigenvalue weighted by Crippen LogP contribution is 2.33. The first-order valence-electron chi connectivity index (χ1n) is 10.9. The zero-order chi connectivity index (χ0) is 23.0. The third-order valence-corrected chi connectivity index (χ3v) is 6.28. The highest BCUT2D eigenvalue weighted by atomic mass is 16.4. The summed E-state index contributed by atoms with van der Waals surface area (Å²) in [4.78, 5) is 37.9. The molecule has 0 unspecified atom stereocenters. The summed E-state index contributed by atoms with van der Waals surface area (Å²) >= 11 is 0. The summed E-state index contributed by atoms with van der Waals surface area (Å²) in [5.41, 5.74) is 4.37. The molecule has 3 aromatic rings. The van der Waals surface area contributed by atoms with E-state index in [2.05, 4.69) is 20.9 Å². The van der Waals surface area contributed by atoms with E-state index in [0.717, 1.165) is 35.4 Å². The molecule has 0 bridgehead atoms. The molecule has 4 amide bonds. The van der Waals surface area contributed by atoms with Crippen LogP contribution in [-0.4, -0.2) is 38.6 Å². The molecule has 9 nitrogen and oxygen atoms in total. The number of rotatable bonds is 4. The van der Waals surface area contributed by atoms with Gasteiger partial charge in [0.25, 0.3) is 11.8 Å². The first kappa shape index (κ1) is 20.9. The van der Waals surface area contributed by atoms with Crippen LogP contribution < -0.4 is 10.7 Å². The zero-order valence-corrected chi connectivity index (χ0v) is 18.1. The van der Waals surface area contributed by atoms with Crippen molar-refractivity contribution in [3.63, 3.8) is 0 Å². The summed E-state index contributed by atoms with van der Waals surface area (Å²) in [6.45, 7) is 1.97. The molecule has 2 heterocycles. The average molecular weight is 445 g/mol. The van der Waals surface area contributed by atoms with Gasteiger partial charge < -0.3 is 9.73 Å². The number of urea groups is 1. The normalized spacial score (nSPS) is 17.3. The van der Waals surface area contributed by atoms with E-state index in [9.17, 15) is 14.4 Å². The minimum Gasteiger partial charge on any atom is -0.416 e. The molecule has 1 aromatic heterocycles. The van der Waals surface area contributed by atoms with E-state index in [0.29, 0.717) is 35.7 Å². The molecule has 2 aromatic carbocycles. The molecule has 1 aliphatic carbocycles. The van der Waals surface area contributed by atoms with Crippen LogP contribution in [0.5, 0.6) is 0 Å². The Balaban J connectivity index is 1.29. The quantitative estimate of drug-likeness (QED) is 0.593. The van der Waals surface area contributed by atoms with Crippen molar-refractivity contribution in [3.05, 3.63) is 59.7 Å². The van der Waals surface area contributed by atoms with Gasteiger partial charge in [-0.1, -0.05) is 37.5 Å². The number of carbonyl (C=O) groups excluding carboxylic acids is 3. The largest absolute Gasteiger partial charge is 0.416 e. The van der Waals surface area contributed by atoms with Gasteiger partial charge in [0.15, 0.2) is 0 Å². The first-order chi connectivity index (χ1) is 16.0. The predicted molar refractivity (Wildman–Crippen MR) is 119 cm³/mol. The second kappa shape index (κ2) is 8.16. The number of hydrogen-bond acceptors (Lipinski definition) is 6. The van der Waals surface area contributed by atoms with Crippen molar-refractivity contribution in [2.75, 3.05) is 0 Å². The van der Waals surface area contributed by atoms with Gasteiger partial charge in [0.05, 0.1) is 0 Å². The lowest BCUT2D eigenvalue weighted by Gasteiger charge is -2.30. The molecule has 33 heavy (non-hydrogen) atoms. The average Bonchev–Trinajstić information content (AvgIpc) is 3.40. The smallest absolute Gasteiger partial charge is 0.344 e. The van der Waals surface area contributed by atoms with Crippen LogP contribution in [0.15, 0.2) is 52.9 Å². The molecule has 1 saturated heterocycles. The molecule has 5 rings (SSSR count). The van der Waals surface area contributed by atoms with Crippen LogP contribution in [0.3, 0.4) is 0 Å². The zero-order valence-electron chi connectivity index (χ0n) is 18.1. The summed E-state index contributed by atoms with van der Waals surface area (Å²) in [5.74, 6) is -0.204. The van der Waals surface area contributed by atoms with Gasteiger partial charge in [-0.2, -0.15) is 5.01 Å². The fourth-order valence-electron chi connectivity index (χ4n) is 4.41. The topological polar surface area (TPSA) is 117 Å². The van der Waals surface area contributed by atoms with Crippen molar-refractivity contribution < 1.29 is 18.8 Å². The summed E-state index contributed by atoms with van der Waals surface area (Å²) in [7, 11) is 0. The number of nitrogens with zero attached hydrogens (tertiary/aromatic N) is 3. The van der Waals surface area contributed by atoms with Crippen LogP contribution in [0.1, 0.15) is 48.0 Å². The van der Waals surface area contributed by atoms with Crippen molar-refractivity contribution in [1.29, 1.82) is 0 Å². The molecular weight excluding hydrogens is 422 g/mol. The van der Waals surface area contributed by atoms with Crippen molar-refractivity contribution in [3.8, 4) is 22.9 Å². The highest BCUT2D eigenvalue weighted by Gasteiger charge is 2.52. The minimum absolute atomic E-state index is 0.294. The van der Waals surface area contributed by atoms with Gasteiger partial charge in [0, 0.05) is 16.7 Å². The van der Waals surface area contributed by atoms with Crippen molar-refractivity contribution in [2.24, 2.45) is 0 Å². The summed E-state index contributed by atoms with van der Waals surface area (Å²) in [6.07, 6.45) is 3.96. The van der Waals surface area contributed by atoms with Gasteiger partial charge in [-0.05, 0) is 55.7 Å². The number of hydrogen-bond donors (Lipinski definition) is 2. The Bertz CT molecular complexity index is 1230. The highest BCUT2D eigenvalue weighted by molar-refractivity contribution is 6.09. The van der Waals surface area contributed by atoms with Gasteiger partial charge >= 0.3 is 6.03 Å². The SMILES string of the molecule is Cc1ccccc1-c1nnc(-c2ccc(C(=O)NN3C(=O)NC4(CCCCC4)C3=O)cc2)o1. The molecule has 0 atom stereocenters. The first-order valence-corrected chi connectivity index (χ1v) is 10.9. The Hall–Kier alpha value is -4.01. The maximum Gasteiger partial charge on any atom is 0.344 e. The molecule has 1 spiro atoms. The van der Waals surface area contributed by atoms with Crippen molar-refractivity contribution in [2.45, 2.75) is 44.6 Å². The Morgan fingerprint density at radius 1 is 1.00 bits per heavy atom. The molecule has 2 N–H and O–H groups in total. The number of nitrogens with one attached hydrogen (secondary N) is 2. The van der Waals surface area contributed by atoms with E-state index < -0.39 is 23.4 Å². The van der Waals surface area contributed by atoms with Gasteiger partial charge in [-0.25, -0.2) is 4.79 Å². The van der Waals surface area contributed by atoms with Crippen LogP contribution in [0.2, 0.25) is 0 Å². The fourth-order valence-corrected chi connectivity index (χ4v) is 4.41. The Kier molecular flexibility index (Phi) is 5.16. The molecule has 2 fully saturated rings. The summed E-state index contributed by atoms with van der Waals surface area (Å²) in [5, 5.41) is 11.8. The van der Waals surface area contributed by atoms with Crippen LogP contribution in [0, 0.1) is 6.92 Å². The van der Waals surface area contributed by atoms with E-state index in [1.165, 1.54) is 0 Å². The van der Waals surface area contributed by atoms with E-state index in [1.807, 2.05) is 31.2 Å². The van der Waals surface area contributed by atoms with Crippen LogP contribution in [-0.2, 0) is 4.79 Å². The number of hydrazine groups is 1. The molecular formula is C24H23N5O4. The lowest BCUT2D eigenvalue weighted by atomic mass is 9.82. The van der Waals surface area contributed by atoms with Crippen molar-refractivity contribution in [1.82, 2.24) is 25.9 Å². The van der Waals surface area contributed by atoms with E-state index in [1.54, 1.807) is 24.3 Å². The van der Waals surface area contributed by atoms with Gasteiger partial charge in [0.2, 0.25) is 11.8 Å². The molecule has 1 aliphatic heterocycles. The van der Waals surface area contributed by atoms with E-state index >= 15 is 0 Å². The third-order valence-electron chi connectivity index (χ3n) is 6.28. The third kappa shape index (κ3) is 3.75. The van der Waals surface area contributed by atoms with Crippen LogP contribution in [0.25, 0.3) is 22.9 Å². The number of benzene rings is 2. The maximum absolute atomic E-state index is 12.8. The van der Waals surface area contributed by atoms with Crippen LogP contribution >= 0.6 is 0 Å². The molecule has 0 radical (unpaired) electrons. The van der Waals surface area contributed by atoms with Crippen molar-refractivity contribution >= 4 is 17.8 Å².